The number of carbonyl (C=O) groups is 1. The minimum atomic E-state index is -1.11. The van der Waals surface area contributed by atoms with Crippen LogP contribution in [-0.2, 0) is 10.3 Å². The number of amides is 1. The predicted molar refractivity (Wildman–Crippen MR) is 51.6 cm³/mol. The van der Waals surface area contributed by atoms with Crippen LogP contribution in [0.3, 0.4) is 0 Å². The standard InChI is InChI=1S/C9H8N4O/c1-9(12-13-10)6-4-2-3-5-7(6)11-8(9)14/h2-5H,1H3,(H,11,14). The van der Waals surface area contributed by atoms with E-state index < -0.39 is 5.54 Å². The second-order valence-electron chi connectivity index (χ2n) is 3.26. The summed E-state index contributed by atoms with van der Waals surface area (Å²) in [5.41, 5.74) is 8.75. The van der Waals surface area contributed by atoms with Crippen molar-refractivity contribution >= 4 is 11.6 Å². The topological polar surface area (TPSA) is 77.9 Å². The predicted octanol–water partition coefficient (Wildman–Crippen LogP) is 2.16. The highest BCUT2D eigenvalue weighted by molar-refractivity contribution is 6.05. The lowest BCUT2D eigenvalue weighted by Gasteiger charge is -2.13. The van der Waals surface area contributed by atoms with Gasteiger partial charge in [-0.05, 0) is 24.1 Å². The van der Waals surface area contributed by atoms with Crippen molar-refractivity contribution in [3.8, 4) is 0 Å². The number of fused-ring (bicyclic) bond motifs is 1. The summed E-state index contributed by atoms with van der Waals surface area (Å²) in [6, 6.07) is 7.19. The molecule has 1 aromatic rings. The van der Waals surface area contributed by atoms with E-state index in [9.17, 15) is 4.79 Å². The van der Waals surface area contributed by atoms with Gasteiger partial charge in [-0.3, -0.25) is 4.79 Å². The van der Waals surface area contributed by atoms with Gasteiger partial charge in [0.1, 0.15) is 0 Å². The van der Waals surface area contributed by atoms with Gasteiger partial charge in [0, 0.05) is 10.6 Å². The molecule has 0 saturated heterocycles. The molecule has 0 aromatic heterocycles. The Bertz CT molecular complexity index is 450. The highest BCUT2D eigenvalue weighted by atomic mass is 16.2. The molecule has 0 bridgehead atoms. The second kappa shape index (κ2) is 2.75. The van der Waals surface area contributed by atoms with Crippen LogP contribution in [0.2, 0.25) is 0 Å². The number of azide groups is 1. The number of nitrogens with one attached hydrogen (secondary N) is 1. The highest BCUT2D eigenvalue weighted by Gasteiger charge is 2.41. The monoisotopic (exact) mass is 188 g/mol. The molecule has 1 heterocycles. The van der Waals surface area contributed by atoms with Crippen molar-refractivity contribution in [1.82, 2.24) is 0 Å². The minimum Gasteiger partial charge on any atom is -0.325 e. The van der Waals surface area contributed by atoms with Crippen molar-refractivity contribution in [3.63, 3.8) is 0 Å². The number of para-hydroxylation sites is 1. The lowest BCUT2D eigenvalue weighted by Crippen LogP contribution is -2.27. The molecule has 1 amide bonds. The van der Waals surface area contributed by atoms with Gasteiger partial charge in [0.05, 0.1) is 0 Å². The first-order chi connectivity index (χ1) is 6.68. The fourth-order valence-electron chi connectivity index (χ4n) is 1.57. The van der Waals surface area contributed by atoms with Crippen LogP contribution in [0, 0.1) is 0 Å². The molecule has 1 N–H and O–H groups in total. The van der Waals surface area contributed by atoms with Gasteiger partial charge in [-0.2, -0.15) is 0 Å². The average Bonchev–Trinajstić information content (AvgIpc) is 2.41. The molecule has 1 aliphatic heterocycles. The third-order valence-electron chi connectivity index (χ3n) is 2.39. The van der Waals surface area contributed by atoms with Gasteiger partial charge in [-0.1, -0.05) is 23.3 Å². The number of nitrogens with zero attached hydrogens (tertiary/aromatic N) is 3. The molecule has 1 aromatic carbocycles. The maximum atomic E-state index is 11.6. The van der Waals surface area contributed by atoms with Crippen molar-refractivity contribution in [1.29, 1.82) is 0 Å². The number of benzene rings is 1. The molecular weight excluding hydrogens is 180 g/mol. The Kier molecular flexibility index (Phi) is 1.69. The summed E-state index contributed by atoms with van der Waals surface area (Å²) < 4.78 is 0. The van der Waals surface area contributed by atoms with Gasteiger partial charge in [-0.25, -0.2) is 0 Å². The molecule has 1 atom stereocenters. The molecule has 1 aliphatic rings. The van der Waals surface area contributed by atoms with Crippen LogP contribution < -0.4 is 5.32 Å². The maximum Gasteiger partial charge on any atom is 0.240 e. The normalized spacial score (nSPS) is 23.6. The van der Waals surface area contributed by atoms with Gasteiger partial charge < -0.3 is 5.32 Å². The van der Waals surface area contributed by atoms with Crippen molar-refractivity contribution in [2.45, 2.75) is 12.5 Å². The summed E-state index contributed by atoms with van der Waals surface area (Å²) in [5.74, 6) is -0.281. The van der Waals surface area contributed by atoms with Crippen molar-refractivity contribution < 1.29 is 4.79 Å². The molecule has 0 saturated carbocycles. The zero-order valence-electron chi connectivity index (χ0n) is 7.56. The van der Waals surface area contributed by atoms with E-state index in [0.29, 0.717) is 5.69 Å². The zero-order chi connectivity index (χ0) is 10.2. The lowest BCUT2D eigenvalue weighted by molar-refractivity contribution is -0.120. The number of hydrogen-bond donors (Lipinski definition) is 1. The van der Waals surface area contributed by atoms with Gasteiger partial charge >= 0.3 is 0 Å². The van der Waals surface area contributed by atoms with E-state index in [0.717, 1.165) is 5.56 Å². The molecule has 0 spiro atoms. The molecule has 0 aliphatic carbocycles. The first-order valence-electron chi connectivity index (χ1n) is 4.16. The van der Waals surface area contributed by atoms with Crippen LogP contribution in [-0.4, -0.2) is 5.91 Å². The second-order valence-corrected chi connectivity index (χ2v) is 3.26. The number of anilines is 1. The lowest BCUT2D eigenvalue weighted by atomic mass is 9.95. The molecule has 5 nitrogen and oxygen atoms in total. The molecule has 0 fully saturated rings. The van der Waals surface area contributed by atoms with Gasteiger partial charge in [0.25, 0.3) is 0 Å². The molecule has 5 heteroatoms. The fraction of sp³-hybridized carbons (Fsp3) is 0.222. The quantitative estimate of drug-likeness (QED) is 0.409. The third-order valence-corrected chi connectivity index (χ3v) is 2.39. The van der Waals surface area contributed by atoms with E-state index >= 15 is 0 Å². The van der Waals surface area contributed by atoms with Crippen LogP contribution in [0.15, 0.2) is 29.4 Å². The van der Waals surface area contributed by atoms with Crippen molar-refractivity contribution in [3.05, 3.63) is 40.3 Å². The smallest absolute Gasteiger partial charge is 0.240 e. The van der Waals surface area contributed by atoms with Gasteiger partial charge in [-0.15, -0.1) is 0 Å². The van der Waals surface area contributed by atoms with E-state index in [-0.39, 0.29) is 5.91 Å². The fourth-order valence-corrected chi connectivity index (χ4v) is 1.57. The Morgan fingerprint density at radius 3 is 2.93 bits per heavy atom. The van der Waals surface area contributed by atoms with E-state index in [1.807, 2.05) is 12.1 Å². The summed E-state index contributed by atoms with van der Waals surface area (Å²) >= 11 is 0. The Morgan fingerprint density at radius 2 is 2.21 bits per heavy atom. The van der Waals surface area contributed by atoms with Crippen molar-refractivity contribution in [2.24, 2.45) is 5.11 Å². The molecule has 2 rings (SSSR count). The number of hydrogen-bond acceptors (Lipinski definition) is 2. The van der Waals surface area contributed by atoms with Crippen LogP contribution in [0.1, 0.15) is 12.5 Å². The van der Waals surface area contributed by atoms with Gasteiger partial charge in [0.15, 0.2) is 5.54 Å². The van der Waals surface area contributed by atoms with Crippen LogP contribution in [0.4, 0.5) is 5.69 Å². The Labute approximate surface area is 80.4 Å². The summed E-state index contributed by atoms with van der Waals surface area (Å²) in [5, 5.41) is 6.22. The largest absolute Gasteiger partial charge is 0.325 e. The van der Waals surface area contributed by atoms with Crippen molar-refractivity contribution in [2.75, 3.05) is 5.32 Å². The number of rotatable bonds is 1. The van der Waals surface area contributed by atoms with E-state index in [1.54, 1.807) is 19.1 Å². The van der Waals surface area contributed by atoms with Crippen LogP contribution in [0.5, 0.6) is 0 Å². The minimum absolute atomic E-state index is 0.281. The molecular formula is C9H8N4O. The summed E-state index contributed by atoms with van der Waals surface area (Å²) in [6.07, 6.45) is 0. The Balaban J connectivity index is 2.65. The molecule has 0 radical (unpaired) electrons. The van der Waals surface area contributed by atoms with E-state index in [1.165, 1.54) is 0 Å². The first kappa shape index (κ1) is 8.59. The maximum absolute atomic E-state index is 11.6. The van der Waals surface area contributed by atoms with Gasteiger partial charge in [0.2, 0.25) is 5.91 Å². The van der Waals surface area contributed by atoms with E-state index in [4.69, 9.17) is 5.53 Å². The van der Waals surface area contributed by atoms with Crippen LogP contribution >= 0.6 is 0 Å². The zero-order valence-corrected chi connectivity index (χ0v) is 7.56. The molecule has 14 heavy (non-hydrogen) atoms. The first-order valence-corrected chi connectivity index (χ1v) is 4.16. The summed E-state index contributed by atoms with van der Waals surface area (Å²) in [6.45, 7) is 1.61. The number of carbonyl (C=O) groups excluding carboxylic acids is 1. The highest BCUT2D eigenvalue weighted by Crippen LogP contribution is 2.38. The SMILES string of the molecule is CC1(N=[N+]=[N-])C(=O)Nc2ccccc21. The third kappa shape index (κ3) is 0.963. The van der Waals surface area contributed by atoms with Crippen LogP contribution in [0.25, 0.3) is 10.4 Å². The van der Waals surface area contributed by atoms with E-state index in [2.05, 4.69) is 15.3 Å². The molecule has 70 valence electrons. The Hall–Kier alpha value is -2.00. The Morgan fingerprint density at radius 1 is 1.50 bits per heavy atom. The molecule has 1 unspecified atom stereocenters. The average molecular weight is 188 g/mol. The summed E-state index contributed by atoms with van der Waals surface area (Å²) in [4.78, 5) is 14.3. The summed E-state index contributed by atoms with van der Waals surface area (Å²) in [7, 11) is 0.